The second-order valence-electron chi connectivity index (χ2n) is 1.80. The Morgan fingerprint density at radius 2 is 2.25 bits per heavy atom. The van der Waals surface area contributed by atoms with Crippen LogP contribution in [0.25, 0.3) is 0 Å². The fraction of sp³-hybridized carbons (Fsp3) is 0.250. The average Bonchev–Trinajstić information content (AvgIpc) is 2.06. The quantitative estimate of drug-likeness (QED) is 0.354. The maximum absolute atomic E-state index is 10.0. The van der Waals surface area contributed by atoms with Gasteiger partial charge in [-0.2, -0.15) is 5.26 Å². The first kappa shape index (κ1) is 13.0. The van der Waals surface area contributed by atoms with Crippen molar-refractivity contribution in [1.82, 2.24) is 5.32 Å². The Morgan fingerprint density at radius 1 is 1.83 bits per heavy atom. The highest BCUT2D eigenvalue weighted by Gasteiger charge is 1.84. The third-order valence-corrected chi connectivity index (χ3v) is 0.630. The molecule has 0 aliphatic heterocycles. The predicted molar refractivity (Wildman–Crippen MR) is 45.9 cm³/mol. The minimum Gasteiger partial charge on any atom is -0.376 e. The largest absolute Gasteiger partial charge is 0.376 e. The summed E-state index contributed by atoms with van der Waals surface area (Å²) in [4.78, 5) is 10.0. The van der Waals surface area contributed by atoms with Gasteiger partial charge in [-0.1, -0.05) is 13.2 Å². The molecule has 0 aromatic carbocycles. The van der Waals surface area contributed by atoms with E-state index in [1.807, 2.05) is 6.07 Å². The number of hydrogen-bond donors (Lipinski definition) is 2. The third-order valence-electron chi connectivity index (χ3n) is 0.630. The number of nitrogens with one attached hydrogen (secondary N) is 1. The average molecular weight is 168 g/mol. The van der Waals surface area contributed by atoms with Crippen LogP contribution in [0.4, 0.5) is 0 Å². The van der Waals surface area contributed by atoms with Crippen LogP contribution in [0, 0.1) is 11.3 Å². The van der Waals surface area contributed by atoms with E-state index in [0.29, 0.717) is 5.57 Å². The van der Waals surface area contributed by atoms with E-state index in [9.17, 15) is 4.79 Å². The van der Waals surface area contributed by atoms with Gasteiger partial charge in [0.15, 0.2) is 0 Å². The zero-order valence-corrected chi connectivity index (χ0v) is 7.00. The van der Waals surface area contributed by atoms with Gasteiger partial charge < -0.3 is 10.4 Å². The van der Waals surface area contributed by atoms with Gasteiger partial charge in [0.1, 0.15) is 6.73 Å². The number of amides is 1. The van der Waals surface area contributed by atoms with E-state index < -0.39 is 0 Å². The fourth-order valence-electron chi connectivity index (χ4n) is 0.150. The summed E-state index contributed by atoms with van der Waals surface area (Å²) in [7, 11) is 0. The van der Waals surface area contributed by atoms with Crippen LogP contribution >= 0.6 is 0 Å². The van der Waals surface area contributed by atoms with Crippen LogP contribution in [0.5, 0.6) is 0 Å². The normalized spacial score (nSPS) is 6.75. The molecule has 0 aliphatic carbocycles. The molecular formula is C8H12N2O2. The second-order valence-corrected chi connectivity index (χ2v) is 1.80. The maximum atomic E-state index is 10.0. The molecule has 0 saturated heterocycles. The lowest BCUT2D eigenvalue weighted by atomic mass is 10.4. The van der Waals surface area contributed by atoms with Crippen molar-refractivity contribution in [1.29, 1.82) is 5.26 Å². The van der Waals surface area contributed by atoms with E-state index in [0.717, 1.165) is 6.08 Å². The third kappa shape index (κ3) is 15.8. The Balaban J connectivity index is 0. The molecule has 0 fully saturated rings. The van der Waals surface area contributed by atoms with Crippen LogP contribution in [-0.2, 0) is 4.79 Å². The molecule has 0 aromatic rings. The first-order valence-corrected chi connectivity index (χ1v) is 3.15. The van der Waals surface area contributed by atoms with Crippen molar-refractivity contribution in [3.05, 3.63) is 24.8 Å². The lowest BCUT2D eigenvalue weighted by Crippen LogP contribution is -2.20. The Kier molecular flexibility index (Phi) is 10.2. The number of nitrogens with zero attached hydrogens (tertiary/aromatic N) is 1. The molecule has 12 heavy (non-hydrogen) atoms. The van der Waals surface area contributed by atoms with Crippen LogP contribution in [0.1, 0.15) is 6.92 Å². The molecule has 0 rings (SSSR count). The van der Waals surface area contributed by atoms with Gasteiger partial charge in [0.25, 0.3) is 0 Å². The summed E-state index contributed by atoms with van der Waals surface area (Å²) >= 11 is 0. The highest BCUT2D eigenvalue weighted by atomic mass is 16.3. The number of carbonyl (C=O) groups is 1. The molecule has 0 saturated carbocycles. The van der Waals surface area contributed by atoms with Crippen LogP contribution in [-0.4, -0.2) is 17.7 Å². The Hall–Kier alpha value is -1.60. The van der Waals surface area contributed by atoms with Gasteiger partial charge in [0.05, 0.1) is 6.07 Å². The number of hydrogen-bond acceptors (Lipinski definition) is 3. The van der Waals surface area contributed by atoms with Crippen LogP contribution in [0.15, 0.2) is 24.8 Å². The molecule has 0 aromatic heterocycles. The molecule has 2 N–H and O–H groups in total. The van der Waals surface area contributed by atoms with E-state index >= 15 is 0 Å². The van der Waals surface area contributed by atoms with Gasteiger partial charge >= 0.3 is 0 Å². The van der Waals surface area contributed by atoms with Crippen molar-refractivity contribution in [2.24, 2.45) is 0 Å². The molecule has 0 radical (unpaired) electrons. The molecule has 4 nitrogen and oxygen atoms in total. The SMILES string of the molecule is C=C(C)C#N.C=CC(=O)NCO. The van der Waals surface area contributed by atoms with Crippen molar-refractivity contribution in [2.45, 2.75) is 6.92 Å². The lowest BCUT2D eigenvalue weighted by Gasteiger charge is -1.89. The van der Waals surface area contributed by atoms with Gasteiger partial charge in [0.2, 0.25) is 5.91 Å². The Labute approximate surface area is 71.8 Å². The molecule has 0 spiro atoms. The predicted octanol–water partition coefficient (Wildman–Crippen LogP) is 0.324. The van der Waals surface area contributed by atoms with Gasteiger partial charge in [0, 0.05) is 5.57 Å². The molecule has 0 unspecified atom stereocenters. The summed E-state index contributed by atoms with van der Waals surface area (Å²) in [5.41, 5.74) is 0.560. The minimum absolute atomic E-state index is 0.329. The molecule has 4 heteroatoms. The zero-order chi connectivity index (χ0) is 9.98. The molecule has 0 atom stereocenters. The van der Waals surface area contributed by atoms with E-state index in [1.54, 1.807) is 6.92 Å². The molecule has 0 heterocycles. The Morgan fingerprint density at radius 3 is 2.33 bits per heavy atom. The number of aliphatic hydroxyl groups excluding tert-OH is 1. The van der Waals surface area contributed by atoms with Gasteiger partial charge in [-0.3, -0.25) is 4.79 Å². The van der Waals surface area contributed by atoms with Crippen LogP contribution < -0.4 is 5.32 Å². The monoisotopic (exact) mass is 168 g/mol. The van der Waals surface area contributed by atoms with Crippen molar-refractivity contribution in [2.75, 3.05) is 6.73 Å². The highest BCUT2D eigenvalue weighted by molar-refractivity contribution is 5.86. The van der Waals surface area contributed by atoms with E-state index in [2.05, 4.69) is 18.5 Å². The highest BCUT2D eigenvalue weighted by Crippen LogP contribution is 1.74. The number of carbonyl (C=O) groups excluding carboxylic acids is 1. The van der Waals surface area contributed by atoms with Crippen molar-refractivity contribution < 1.29 is 9.90 Å². The summed E-state index contributed by atoms with van der Waals surface area (Å²) < 4.78 is 0. The van der Waals surface area contributed by atoms with Gasteiger partial charge in [-0.25, -0.2) is 0 Å². The molecular weight excluding hydrogens is 156 g/mol. The molecule has 66 valence electrons. The first-order chi connectivity index (χ1) is 5.58. The summed E-state index contributed by atoms with van der Waals surface area (Å²) in [6.07, 6.45) is 1.09. The van der Waals surface area contributed by atoms with E-state index in [-0.39, 0.29) is 12.6 Å². The van der Waals surface area contributed by atoms with Crippen molar-refractivity contribution >= 4 is 5.91 Å². The first-order valence-electron chi connectivity index (χ1n) is 3.15. The number of nitriles is 1. The van der Waals surface area contributed by atoms with Gasteiger partial charge in [-0.15, -0.1) is 0 Å². The molecule has 1 amide bonds. The standard InChI is InChI=1S/C4H7NO2.C4H5N/c1-2-4(7)5-3-6;1-4(2)3-5/h2,6H,1,3H2,(H,5,7);1H2,2H3. The van der Waals surface area contributed by atoms with Crippen molar-refractivity contribution in [3.63, 3.8) is 0 Å². The Bertz CT molecular complexity index is 204. The smallest absolute Gasteiger partial charge is 0.245 e. The number of rotatable bonds is 2. The van der Waals surface area contributed by atoms with E-state index in [4.69, 9.17) is 10.4 Å². The lowest BCUT2D eigenvalue weighted by molar-refractivity contribution is -0.117. The minimum atomic E-state index is -0.359. The van der Waals surface area contributed by atoms with Gasteiger partial charge in [-0.05, 0) is 13.0 Å². The number of aliphatic hydroxyl groups is 1. The fourth-order valence-corrected chi connectivity index (χ4v) is 0.150. The summed E-state index contributed by atoms with van der Waals surface area (Å²) in [6, 6.07) is 1.83. The molecule has 0 aliphatic rings. The van der Waals surface area contributed by atoms with Crippen molar-refractivity contribution in [3.8, 4) is 6.07 Å². The summed E-state index contributed by atoms with van der Waals surface area (Å²) in [6.45, 7) is 7.81. The maximum Gasteiger partial charge on any atom is 0.245 e. The molecule has 0 bridgehead atoms. The zero-order valence-electron chi connectivity index (χ0n) is 7.00. The van der Waals surface area contributed by atoms with E-state index in [1.165, 1.54) is 0 Å². The summed E-state index contributed by atoms with van der Waals surface area (Å²) in [5, 5.41) is 17.9. The van der Waals surface area contributed by atoms with Crippen LogP contribution in [0.2, 0.25) is 0 Å². The topological polar surface area (TPSA) is 73.1 Å². The number of allylic oxidation sites excluding steroid dienone is 1. The summed E-state index contributed by atoms with van der Waals surface area (Å²) in [5.74, 6) is -0.359. The second kappa shape index (κ2) is 9.40. The van der Waals surface area contributed by atoms with Crippen LogP contribution in [0.3, 0.4) is 0 Å².